The van der Waals surface area contributed by atoms with Gasteiger partial charge in [-0.25, -0.2) is 0 Å². The zero-order valence-electron chi connectivity index (χ0n) is 12.9. The van der Waals surface area contributed by atoms with Crippen molar-refractivity contribution in [2.75, 3.05) is 32.8 Å². The Bertz CT molecular complexity index is 455. The van der Waals surface area contributed by atoms with Crippen molar-refractivity contribution in [1.82, 2.24) is 10.2 Å². The number of likely N-dealkylation sites (tertiary alicyclic amines) is 1. The summed E-state index contributed by atoms with van der Waals surface area (Å²) in [5.74, 6) is 0.845. The standard InChI is InChI=1S/C17H24N2O2.ClH/c20-17(12-16-13-18-8-11-21-16)19-9-6-15(7-10-19)14-4-2-1-3-5-14;/h1-5,15-16,18H,6-13H2;1H. The minimum Gasteiger partial charge on any atom is -0.375 e. The Morgan fingerprint density at radius 1 is 1.23 bits per heavy atom. The molecule has 1 N–H and O–H groups in total. The summed E-state index contributed by atoms with van der Waals surface area (Å²) in [6.45, 7) is 4.16. The molecule has 0 aromatic heterocycles. The second kappa shape index (κ2) is 8.51. The van der Waals surface area contributed by atoms with E-state index in [2.05, 4.69) is 35.6 Å². The lowest BCUT2D eigenvalue weighted by Crippen LogP contribution is -2.44. The molecule has 22 heavy (non-hydrogen) atoms. The van der Waals surface area contributed by atoms with Crippen LogP contribution in [0.25, 0.3) is 0 Å². The van der Waals surface area contributed by atoms with Crippen molar-refractivity contribution in [3.05, 3.63) is 35.9 Å². The molecule has 5 heteroatoms. The number of nitrogens with one attached hydrogen (secondary N) is 1. The number of halogens is 1. The van der Waals surface area contributed by atoms with Gasteiger partial charge in [-0.2, -0.15) is 0 Å². The summed E-state index contributed by atoms with van der Waals surface area (Å²) in [4.78, 5) is 14.3. The summed E-state index contributed by atoms with van der Waals surface area (Å²) in [5.41, 5.74) is 1.41. The first kappa shape index (κ1) is 17.3. The molecular weight excluding hydrogens is 300 g/mol. The SMILES string of the molecule is Cl.O=C(CC1CNCCO1)N1CCC(c2ccccc2)CC1. The Hall–Kier alpha value is -1.10. The van der Waals surface area contributed by atoms with Crippen LogP contribution in [0.2, 0.25) is 0 Å². The fraction of sp³-hybridized carbons (Fsp3) is 0.588. The van der Waals surface area contributed by atoms with Gasteiger partial charge < -0.3 is 15.0 Å². The van der Waals surface area contributed by atoms with Crippen molar-refractivity contribution >= 4 is 18.3 Å². The molecule has 2 heterocycles. The third-order valence-corrected chi connectivity index (χ3v) is 4.53. The van der Waals surface area contributed by atoms with Gasteiger partial charge in [0.05, 0.1) is 19.1 Å². The summed E-state index contributed by atoms with van der Waals surface area (Å²) in [6, 6.07) is 10.6. The lowest BCUT2D eigenvalue weighted by atomic mass is 9.89. The normalized spacial score (nSPS) is 22.9. The number of piperidine rings is 1. The lowest BCUT2D eigenvalue weighted by Gasteiger charge is -2.33. The number of morpholine rings is 1. The zero-order chi connectivity index (χ0) is 14.5. The molecule has 2 fully saturated rings. The van der Waals surface area contributed by atoms with E-state index < -0.39 is 0 Å². The van der Waals surface area contributed by atoms with Crippen LogP contribution in [0.3, 0.4) is 0 Å². The van der Waals surface area contributed by atoms with Crippen LogP contribution < -0.4 is 5.32 Å². The first-order valence-electron chi connectivity index (χ1n) is 7.98. The Morgan fingerprint density at radius 3 is 2.59 bits per heavy atom. The largest absolute Gasteiger partial charge is 0.375 e. The number of hydrogen-bond donors (Lipinski definition) is 1. The number of rotatable bonds is 3. The molecule has 0 aliphatic carbocycles. The number of carbonyl (C=O) groups is 1. The van der Waals surface area contributed by atoms with Gasteiger partial charge in [0.2, 0.25) is 5.91 Å². The highest BCUT2D eigenvalue weighted by Crippen LogP contribution is 2.28. The second-order valence-corrected chi connectivity index (χ2v) is 5.97. The summed E-state index contributed by atoms with van der Waals surface area (Å²) in [7, 11) is 0. The van der Waals surface area contributed by atoms with E-state index >= 15 is 0 Å². The molecule has 0 spiro atoms. The summed E-state index contributed by atoms with van der Waals surface area (Å²) >= 11 is 0. The lowest BCUT2D eigenvalue weighted by molar-refractivity contribution is -0.135. The molecule has 1 aromatic rings. The van der Waals surface area contributed by atoms with Crippen LogP contribution in [-0.4, -0.2) is 49.7 Å². The fourth-order valence-corrected chi connectivity index (χ4v) is 3.26. The van der Waals surface area contributed by atoms with Crippen molar-refractivity contribution in [1.29, 1.82) is 0 Å². The molecular formula is C17H25ClN2O2. The predicted octanol–water partition coefficient (Wildman–Crippen LogP) is 2.19. The van der Waals surface area contributed by atoms with E-state index in [0.717, 1.165) is 39.0 Å². The topological polar surface area (TPSA) is 41.6 Å². The van der Waals surface area contributed by atoms with Crippen LogP contribution in [0.1, 0.15) is 30.7 Å². The molecule has 122 valence electrons. The molecule has 4 nitrogen and oxygen atoms in total. The van der Waals surface area contributed by atoms with Crippen molar-refractivity contribution in [2.45, 2.75) is 31.3 Å². The van der Waals surface area contributed by atoms with Gasteiger partial charge in [-0.1, -0.05) is 30.3 Å². The van der Waals surface area contributed by atoms with Crippen LogP contribution in [0.5, 0.6) is 0 Å². The Morgan fingerprint density at radius 2 is 1.95 bits per heavy atom. The number of carbonyl (C=O) groups excluding carboxylic acids is 1. The van der Waals surface area contributed by atoms with Gasteiger partial charge in [-0.15, -0.1) is 12.4 Å². The van der Waals surface area contributed by atoms with E-state index in [4.69, 9.17) is 4.74 Å². The van der Waals surface area contributed by atoms with Crippen LogP contribution in [-0.2, 0) is 9.53 Å². The third-order valence-electron chi connectivity index (χ3n) is 4.53. The smallest absolute Gasteiger partial charge is 0.225 e. The molecule has 2 aliphatic heterocycles. The van der Waals surface area contributed by atoms with Gasteiger partial charge in [0, 0.05) is 26.2 Å². The van der Waals surface area contributed by atoms with Crippen molar-refractivity contribution in [2.24, 2.45) is 0 Å². The molecule has 3 rings (SSSR count). The fourth-order valence-electron chi connectivity index (χ4n) is 3.26. The highest BCUT2D eigenvalue weighted by atomic mass is 35.5. The molecule has 2 saturated heterocycles. The maximum Gasteiger partial charge on any atom is 0.225 e. The van der Waals surface area contributed by atoms with Crippen LogP contribution in [0.15, 0.2) is 30.3 Å². The van der Waals surface area contributed by atoms with E-state index in [-0.39, 0.29) is 24.4 Å². The van der Waals surface area contributed by atoms with E-state index in [1.54, 1.807) is 0 Å². The number of ether oxygens (including phenoxy) is 1. The van der Waals surface area contributed by atoms with Crippen molar-refractivity contribution < 1.29 is 9.53 Å². The van der Waals surface area contributed by atoms with Crippen LogP contribution >= 0.6 is 12.4 Å². The van der Waals surface area contributed by atoms with Gasteiger partial charge in [-0.05, 0) is 24.3 Å². The molecule has 1 atom stereocenters. The quantitative estimate of drug-likeness (QED) is 0.926. The Kier molecular flexibility index (Phi) is 6.68. The van der Waals surface area contributed by atoms with Crippen LogP contribution in [0, 0.1) is 0 Å². The van der Waals surface area contributed by atoms with Gasteiger partial charge in [0.1, 0.15) is 0 Å². The van der Waals surface area contributed by atoms with Gasteiger partial charge in [-0.3, -0.25) is 4.79 Å². The molecule has 1 amide bonds. The minimum atomic E-state index is 0. The maximum absolute atomic E-state index is 12.3. The monoisotopic (exact) mass is 324 g/mol. The summed E-state index contributed by atoms with van der Waals surface area (Å²) < 4.78 is 5.62. The highest BCUT2D eigenvalue weighted by Gasteiger charge is 2.26. The average molecular weight is 325 g/mol. The molecule has 0 bridgehead atoms. The van der Waals surface area contributed by atoms with Crippen LogP contribution in [0.4, 0.5) is 0 Å². The average Bonchev–Trinajstić information content (AvgIpc) is 2.57. The van der Waals surface area contributed by atoms with Crippen molar-refractivity contribution in [3.63, 3.8) is 0 Å². The predicted molar refractivity (Wildman–Crippen MR) is 89.5 cm³/mol. The number of amides is 1. The molecule has 0 saturated carbocycles. The molecule has 0 radical (unpaired) electrons. The minimum absolute atomic E-state index is 0. The first-order chi connectivity index (χ1) is 10.3. The molecule has 1 unspecified atom stereocenters. The van der Waals surface area contributed by atoms with Crippen molar-refractivity contribution in [3.8, 4) is 0 Å². The van der Waals surface area contributed by atoms with Gasteiger partial charge >= 0.3 is 0 Å². The third kappa shape index (κ3) is 4.45. The number of hydrogen-bond acceptors (Lipinski definition) is 3. The van der Waals surface area contributed by atoms with Gasteiger partial charge in [0.25, 0.3) is 0 Å². The number of benzene rings is 1. The molecule has 2 aliphatic rings. The van der Waals surface area contributed by atoms with E-state index in [1.807, 2.05) is 4.90 Å². The second-order valence-electron chi connectivity index (χ2n) is 5.97. The van der Waals surface area contributed by atoms with Gasteiger partial charge in [0.15, 0.2) is 0 Å². The summed E-state index contributed by atoms with van der Waals surface area (Å²) in [6.07, 6.45) is 2.71. The Balaban J connectivity index is 0.00000176. The Labute approximate surface area is 138 Å². The first-order valence-corrected chi connectivity index (χ1v) is 7.98. The van der Waals surface area contributed by atoms with E-state index in [0.29, 0.717) is 18.9 Å². The molecule has 1 aromatic carbocycles. The summed E-state index contributed by atoms with van der Waals surface area (Å²) in [5, 5.41) is 3.28. The maximum atomic E-state index is 12.3. The zero-order valence-corrected chi connectivity index (χ0v) is 13.7. The highest BCUT2D eigenvalue weighted by molar-refractivity contribution is 5.85. The van der Waals surface area contributed by atoms with E-state index in [9.17, 15) is 4.79 Å². The van der Waals surface area contributed by atoms with E-state index in [1.165, 1.54) is 5.56 Å². The number of nitrogens with zero attached hydrogens (tertiary/aromatic N) is 1.